The number of carbonyl (C=O) groups excluding carboxylic acids is 3. The van der Waals surface area contributed by atoms with E-state index in [1.807, 2.05) is 29.2 Å². The first-order valence-corrected chi connectivity index (χ1v) is 16.8. The first-order chi connectivity index (χ1) is 23.7. The molecule has 1 N–H and O–H groups in total. The summed E-state index contributed by atoms with van der Waals surface area (Å²) in [5, 5.41) is 3.62. The Hall–Kier alpha value is -5.03. The summed E-state index contributed by atoms with van der Waals surface area (Å²) in [6.07, 6.45) is 2.75. The maximum atomic E-state index is 14.1. The van der Waals surface area contributed by atoms with E-state index in [9.17, 15) is 19.2 Å². The Bertz CT molecular complexity index is 1900. The Kier molecular flexibility index (Phi) is 10.4. The predicted molar refractivity (Wildman–Crippen MR) is 187 cm³/mol. The van der Waals surface area contributed by atoms with E-state index in [4.69, 9.17) is 25.5 Å². The quantitative estimate of drug-likeness (QED) is 0.256. The van der Waals surface area contributed by atoms with Crippen LogP contribution in [0.15, 0.2) is 75.9 Å². The maximum absolute atomic E-state index is 14.1. The van der Waals surface area contributed by atoms with Gasteiger partial charge < -0.3 is 33.9 Å². The van der Waals surface area contributed by atoms with Crippen LogP contribution in [0.25, 0.3) is 11.0 Å². The highest BCUT2D eigenvalue weighted by molar-refractivity contribution is 6.30. The van der Waals surface area contributed by atoms with Gasteiger partial charge in [0.05, 0.1) is 19.6 Å². The normalized spacial score (nSPS) is 15.7. The van der Waals surface area contributed by atoms with Crippen molar-refractivity contribution in [2.75, 3.05) is 51.8 Å². The van der Waals surface area contributed by atoms with Crippen molar-refractivity contribution >= 4 is 46.0 Å². The SMILES string of the molecule is COc1cc2oc(C(=O)N[C@H](Cc3ccc(Cl)cc3)C(=O)N3CCN(c4ccccc4CN4CCCCC4=O)CC3)cc(=O)c2cc1OC. The van der Waals surface area contributed by atoms with Gasteiger partial charge in [0.1, 0.15) is 11.6 Å². The molecule has 0 unspecified atom stereocenters. The Morgan fingerprint density at radius 2 is 1.61 bits per heavy atom. The van der Waals surface area contributed by atoms with E-state index < -0.39 is 17.4 Å². The van der Waals surface area contributed by atoms with Crippen molar-refractivity contribution < 1.29 is 28.3 Å². The zero-order valence-corrected chi connectivity index (χ0v) is 28.3. The van der Waals surface area contributed by atoms with E-state index in [-0.39, 0.29) is 35.0 Å². The summed E-state index contributed by atoms with van der Waals surface area (Å²) < 4.78 is 16.5. The summed E-state index contributed by atoms with van der Waals surface area (Å²) in [5.74, 6) is -0.284. The van der Waals surface area contributed by atoms with Crippen molar-refractivity contribution in [3.05, 3.63) is 98.9 Å². The molecule has 256 valence electrons. The number of likely N-dealkylation sites (tertiary alicyclic amines) is 1. The number of para-hydroxylation sites is 1. The molecule has 2 aliphatic heterocycles. The molecule has 2 saturated heterocycles. The number of methoxy groups -OCH3 is 2. The minimum Gasteiger partial charge on any atom is -0.493 e. The molecule has 0 bridgehead atoms. The van der Waals surface area contributed by atoms with Crippen LogP contribution in [0.4, 0.5) is 5.69 Å². The van der Waals surface area contributed by atoms with Gasteiger partial charge in [0.2, 0.25) is 11.8 Å². The van der Waals surface area contributed by atoms with Crippen molar-refractivity contribution in [3.63, 3.8) is 0 Å². The Labute approximate surface area is 289 Å². The third kappa shape index (κ3) is 7.67. The molecule has 49 heavy (non-hydrogen) atoms. The number of fused-ring (bicyclic) bond motifs is 1. The highest BCUT2D eigenvalue weighted by Gasteiger charge is 2.31. The molecule has 1 aromatic heterocycles. The van der Waals surface area contributed by atoms with E-state index in [2.05, 4.69) is 22.3 Å². The summed E-state index contributed by atoms with van der Waals surface area (Å²) >= 11 is 6.11. The third-order valence-corrected chi connectivity index (χ3v) is 9.37. The van der Waals surface area contributed by atoms with Gasteiger partial charge in [0, 0.05) is 75.0 Å². The summed E-state index contributed by atoms with van der Waals surface area (Å²) in [5.41, 5.74) is 2.66. The molecule has 2 aliphatic rings. The number of hydrogen-bond acceptors (Lipinski definition) is 8. The van der Waals surface area contributed by atoms with Gasteiger partial charge in [-0.1, -0.05) is 41.9 Å². The molecule has 3 heterocycles. The van der Waals surface area contributed by atoms with Crippen molar-refractivity contribution in [3.8, 4) is 11.5 Å². The number of rotatable bonds is 10. The second-order valence-corrected chi connectivity index (χ2v) is 12.7. The molecule has 4 aromatic rings. The molecule has 0 saturated carbocycles. The van der Waals surface area contributed by atoms with Crippen LogP contribution < -0.4 is 25.1 Å². The van der Waals surface area contributed by atoms with E-state index in [0.29, 0.717) is 55.7 Å². The number of ether oxygens (including phenoxy) is 2. The van der Waals surface area contributed by atoms with Crippen LogP contribution in [0.5, 0.6) is 11.5 Å². The zero-order valence-electron chi connectivity index (χ0n) is 27.6. The number of piperazine rings is 1. The van der Waals surface area contributed by atoms with Crippen LogP contribution in [0.3, 0.4) is 0 Å². The minimum atomic E-state index is -0.941. The van der Waals surface area contributed by atoms with Gasteiger partial charge in [-0.3, -0.25) is 19.2 Å². The van der Waals surface area contributed by atoms with E-state index in [1.54, 1.807) is 17.0 Å². The molecule has 3 amide bonds. The third-order valence-electron chi connectivity index (χ3n) is 9.12. The molecule has 2 fully saturated rings. The fourth-order valence-electron chi connectivity index (χ4n) is 6.46. The lowest BCUT2D eigenvalue weighted by Gasteiger charge is -2.39. The smallest absolute Gasteiger partial charge is 0.287 e. The molecule has 1 atom stereocenters. The molecule has 6 rings (SSSR count). The summed E-state index contributed by atoms with van der Waals surface area (Å²) in [7, 11) is 2.92. The van der Waals surface area contributed by atoms with E-state index >= 15 is 0 Å². The van der Waals surface area contributed by atoms with Crippen molar-refractivity contribution in [2.45, 2.75) is 38.3 Å². The van der Waals surface area contributed by atoms with Gasteiger partial charge in [-0.2, -0.15) is 0 Å². The number of halogens is 1. The number of hydrogen-bond donors (Lipinski definition) is 1. The van der Waals surface area contributed by atoms with Crippen LogP contribution in [-0.2, 0) is 22.6 Å². The van der Waals surface area contributed by atoms with E-state index in [0.717, 1.165) is 42.3 Å². The number of amides is 3. The Morgan fingerprint density at radius 3 is 2.33 bits per heavy atom. The molecule has 0 radical (unpaired) electrons. The topological polar surface area (TPSA) is 122 Å². The fourth-order valence-corrected chi connectivity index (χ4v) is 6.58. The average molecular weight is 687 g/mol. The van der Waals surface area contributed by atoms with Gasteiger partial charge in [0.25, 0.3) is 5.91 Å². The zero-order chi connectivity index (χ0) is 34.5. The number of nitrogens with one attached hydrogen (secondary N) is 1. The fraction of sp³-hybridized carbons (Fsp3) is 0.351. The van der Waals surface area contributed by atoms with Crippen LogP contribution in [0.1, 0.15) is 40.9 Å². The molecule has 11 nitrogen and oxygen atoms in total. The largest absolute Gasteiger partial charge is 0.493 e. The number of piperidine rings is 1. The predicted octanol–water partition coefficient (Wildman–Crippen LogP) is 4.67. The van der Waals surface area contributed by atoms with Crippen LogP contribution >= 0.6 is 11.6 Å². The monoisotopic (exact) mass is 686 g/mol. The maximum Gasteiger partial charge on any atom is 0.287 e. The number of nitrogens with zero attached hydrogens (tertiary/aromatic N) is 3. The second kappa shape index (κ2) is 15.0. The molecule has 0 aliphatic carbocycles. The number of benzene rings is 3. The van der Waals surface area contributed by atoms with Gasteiger partial charge >= 0.3 is 0 Å². The number of anilines is 1. The molecular weight excluding hydrogens is 648 g/mol. The second-order valence-electron chi connectivity index (χ2n) is 12.2. The highest BCUT2D eigenvalue weighted by Crippen LogP contribution is 2.31. The van der Waals surface area contributed by atoms with Gasteiger partial charge in [-0.05, 0) is 48.2 Å². The van der Waals surface area contributed by atoms with Crippen molar-refractivity contribution in [2.24, 2.45) is 0 Å². The lowest BCUT2D eigenvalue weighted by Crippen LogP contribution is -2.55. The van der Waals surface area contributed by atoms with Crippen LogP contribution in [0.2, 0.25) is 5.02 Å². The first kappa shape index (κ1) is 33.9. The van der Waals surface area contributed by atoms with E-state index in [1.165, 1.54) is 26.4 Å². The summed E-state index contributed by atoms with van der Waals surface area (Å²) in [4.78, 5) is 59.1. The van der Waals surface area contributed by atoms with Crippen LogP contribution in [-0.4, -0.2) is 80.5 Å². The molecule has 0 spiro atoms. The van der Waals surface area contributed by atoms with Gasteiger partial charge in [-0.25, -0.2) is 0 Å². The number of carbonyl (C=O) groups is 3. The lowest BCUT2D eigenvalue weighted by molar-refractivity contribution is -0.134. The summed E-state index contributed by atoms with van der Waals surface area (Å²) in [6, 6.07) is 18.4. The summed E-state index contributed by atoms with van der Waals surface area (Å²) in [6.45, 7) is 3.38. The van der Waals surface area contributed by atoms with Crippen LogP contribution in [0, 0.1) is 0 Å². The van der Waals surface area contributed by atoms with Gasteiger partial charge in [-0.15, -0.1) is 0 Å². The Balaban J connectivity index is 1.19. The van der Waals surface area contributed by atoms with Crippen molar-refractivity contribution in [1.82, 2.24) is 15.1 Å². The molecular formula is C37H39ClN4O7. The standard InChI is InChI=1S/C37H39ClN4O7/c1-47-32-20-27-30(43)21-34(49-31(27)22-33(32)48-2)36(45)39-28(19-24-10-12-26(38)13-11-24)37(46)41-17-15-40(16-18-41)29-8-4-3-7-25(29)23-42-14-6-5-9-35(42)44/h3-4,7-8,10-13,20-22,28H,5-6,9,14-19,23H2,1-2H3,(H,39,45)/t28-/m1/s1. The lowest BCUT2D eigenvalue weighted by atomic mass is 10.0. The van der Waals surface area contributed by atoms with Crippen molar-refractivity contribution in [1.29, 1.82) is 0 Å². The molecule has 12 heteroatoms. The first-order valence-electron chi connectivity index (χ1n) is 16.4. The average Bonchev–Trinajstić information content (AvgIpc) is 3.12. The Morgan fingerprint density at radius 1 is 0.898 bits per heavy atom. The minimum absolute atomic E-state index is 0.150. The highest BCUT2D eigenvalue weighted by atomic mass is 35.5. The van der Waals surface area contributed by atoms with Gasteiger partial charge in [0.15, 0.2) is 22.7 Å². The molecule has 3 aromatic carbocycles.